The molecule has 0 unspecified atom stereocenters. The molecule has 0 aliphatic carbocycles. The highest BCUT2D eigenvalue weighted by molar-refractivity contribution is 5.93. The fraction of sp³-hybridized carbons (Fsp3) is 0.500. The van der Waals surface area contributed by atoms with Crippen LogP contribution in [0.1, 0.15) is 37.0 Å². The lowest BCUT2D eigenvalue weighted by Gasteiger charge is -2.06. The maximum atomic E-state index is 11.8. The van der Waals surface area contributed by atoms with Gasteiger partial charge < -0.3 is 14.8 Å². The molecule has 1 aromatic heterocycles. The molecule has 1 N–H and O–H groups in total. The first-order valence-electron chi connectivity index (χ1n) is 6.70. The van der Waals surface area contributed by atoms with Gasteiger partial charge in [0, 0.05) is 25.2 Å². The van der Waals surface area contributed by atoms with Crippen molar-refractivity contribution in [2.45, 2.75) is 26.7 Å². The number of aromatic nitrogens is 1. The summed E-state index contributed by atoms with van der Waals surface area (Å²) in [5.41, 5.74) is 0.463. The SMILES string of the molecule is CCOC(=O)CCCNC(=O)c1ccc(OCC)nc1. The van der Waals surface area contributed by atoms with Gasteiger partial charge in [0.05, 0.1) is 18.8 Å². The van der Waals surface area contributed by atoms with Crippen molar-refractivity contribution in [2.75, 3.05) is 19.8 Å². The van der Waals surface area contributed by atoms with Crippen LogP contribution in [-0.4, -0.2) is 36.6 Å². The topological polar surface area (TPSA) is 77.5 Å². The van der Waals surface area contributed by atoms with Crippen molar-refractivity contribution in [1.29, 1.82) is 0 Å². The standard InChI is InChI=1S/C14H20N2O4/c1-3-19-12-8-7-11(10-16-12)14(18)15-9-5-6-13(17)20-4-2/h7-8,10H,3-6,9H2,1-2H3,(H,15,18). The first-order chi connectivity index (χ1) is 9.67. The Balaban J connectivity index is 2.30. The molecule has 0 saturated carbocycles. The third-order valence-corrected chi connectivity index (χ3v) is 2.44. The van der Waals surface area contributed by atoms with Crippen LogP contribution < -0.4 is 10.1 Å². The average Bonchev–Trinajstić information content (AvgIpc) is 2.45. The number of nitrogens with zero attached hydrogens (tertiary/aromatic N) is 1. The zero-order valence-corrected chi connectivity index (χ0v) is 11.8. The summed E-state index contributed by atoms with van der Waals surface area (Å²) in [4.78, 5) is 26.9. The van der Waals surface area contributed by atoms with Crippen molar-refractivity contribution >= 4 is 11.9 Å². The van der Waals surface area contributed by atoms with E-state index in [9.17, 15) is 9.59 Å². The summed E-state index contributed by atoms with van der Waals surface area (Å²) in [5, 5.41) is 2.72. The fourth-order valence-electron chi connectivity index (χ4n) is 1.52. The van der Waals surface area contributed by atoms with Crippen LogP contribution in [0.3, 0.4) is 0 Å². The maximum absolute atomic E-state index is 11.8. The normalized spacial score (nSPS) is 9.90. The van der Waals surface area contributed by atoms with Gasteiger partial charge in [0.25, 0.3) is 5.91 Å². The Kier molecular flexibility index (Phi) is 7.10. The van der Waals surface area contributed by atoms with Gasteiger partial charge in [0.1, 0.15) is 0 Å². The summed E-state index contributed by atoms with van der Waals surface area (Å²) >= 11 is 0. The number of carbonyl (C=O) groups is 2. The number of amides is 1. The van der Waals surface area contributed by atoms with Crippen molar-refractivity contribution in [3.8, 4) is 5.88 Å². The molecule has 0 bridgehead atoms. The number of carbonyl (C=O) groups excluding carboxylic acids is 2. The van der Waals surface area contributed by atoms with E-state index in [1.165, 1.54) is 6.20 Å². The molecule has 0 radical (unpaired) electrons. The van der Waals surface area contributed by atoms with Gasteiger partial charge in [-0.05, 0) is 26.3 Å². The predicted octanol–water partition coefficient (Wildman–Crippen LogP) is 1.55. The Bertz CT molecular complexity index is 431. The van der Waals surface area contributed by atoms with Crippen LogP contribution in [0.5, 0.6) is 5.88 Å². The van der Waals surface area contributed by atoms with Crippen LogP contribution in [0.2, 0.25) is 0 Å². The maximum Gasteiger partial charge on any atom is 0.305 e. The molecular formula is C14H20N2O4. The minimum atomic E-state index is -0.246. The first kappa shape index (κ1) is 15.9. The van der Waals surface area contributed by atoms with Gasteiger partial charge in [-0.1, -0.05) is 0 Å². The Morgan fingerprint density at radius 2 is 2.05 bits per heavy atom. The van der Waals surface area contributed by atoms with E-state index in [4.69, 9.17) is 9.47 Å². The molecular weight excluding hydrogens is 260 g/mol. The van der Waals surface area contributed by atoms with Crippen molar-refractivity contribution < 1.29 is 19.1 Å². The highest BCUT2D eigenvalue weighted by Crippen LogP contribution is 2.07. The minimum Gasteiger partial charge on any atom is -0.478 e. The van der Waals surface area contributed by atoms with E-state index >= 15 is 0 Å². The van der Waals surface area contributed by atoms with Crippen molar-refractivity contribution in [1.82, 2.24) is 10.3 Å². The second-order valence-electron chi connectivity index (χ2n) is 3.98. The van der Waals surface area contributed by atoms with E-state index in [0.717, 1.165) is 0 Å². The Labute approximate surface area is 118 Å². The van der Waals surface area contributed by atoms with Crippen LogP contribution in [0.4, 0.5) is 0 Å². The number of hydrogen-bond donors (Lipinski definition) is 1. The van der Waals surface area contributed by atoms with Crippen molar-refractivity contribution in [3.05, 3.63) is 23.9 Å². The number of ether oxygens (including phenoxy) is 2. The van der Waals surface area contributed by atoms with Crippen LogP contribution in [0.25, 0.3) is 0 Å². The zero-order valence-electron chi connectivity index (χ0n) is 11.8. The molecule has 0 spiro atoms. The lowest BCUT2D eigenvalue weighted by Crippen LogP contribution is -2.25. The summed E-state index contributed by atoms with van der Waals surface area (Å²) in [6.07, 6.45) is 2.32. The molecule has 6 nitrogen and oxygen atoms in total. The molecule has 1 rings (SSSR count). The molecule has 6 heteroatoms. The molecule has 0 atom stereocenters. The molecule has 1 aromatic rings. The molecule has 1 heterocycles. The molecule has 0 aliphatic rings. The van der Waals surface area contributed by atoms with Gasteiger partial charge in [-0.3, -0.25) is 9.59 Å². The Morgan fingerprint density at radius 3 is 2.65 bits per heavy atom. The first-order valence-corrected chi connectivity index (χ1v) is 6.70. The van der Waals surface area contributed by atoms with E-state index in [1.807, 2.05) is 6.92 Å². The summed E-state index contributed by atoms with van der Waals surface area (Å²) in [6, 6.07) is 3.30. The van der Waals surface area contributed by atoms with Crippen LogP contribution >= 0.6 is 0 Å². The van der Waals surface area contributed by atoms with Crippen LogP contribution in [-0.2, 0) is 9.53 Å². The van der Waals surface area contributed by atoms with Crippen LogP contribution in [0, 0.1) is 0 Å². The van der Waals surface area contributed by atoms with Gasteiger partial charge >= 0.3 is 5.97 Å². The predicted molar refractivity (Wildman–Crippen MR) is 73.6 cm³/mol. The van der Waals surface area contributed by atoms with E-state index in [-0.39, 0.29) is 11.9 Å². The van der Waals surface area contributed by atoms with Gasteiger partial charge in [0.2, 0.25) is 5.88 Å². The second-order valence-corrected chi connectivity index (χ2v) is 3.98. The summed E-state index contributed by atoms with van der Waals surface area (Å²) < 4.78 is 9.99. The highest BCUT2D eigenvalue weighted by atomic mass is 16.5. The van der Waals surface area contributed by atoms with Crippen molar-refractivity contribution in [3.63, 3.8) is 0 Å². The van der Waals surface area contributed by atoms with Crippen LogP contribution in [0.15, 0.2) is 18.3 Å². The molecule has 0 aromatic carbocycles. The second kappa shape index (κ2) is 8.90. The third kappa shape index (κ3) is 5.69. The largest absolute Gasteiger partial charge is 0.478 e. The Hall–Kier alpha value is -2.11. The van der Waals surface area contributed by atoms with E-state index < -0.39 is 0 Å². The van der Waals surface area contributed by atoms with Gasteiger partial charge in [0.15, 0.2) is 0 Å². The van der Waals surface area contributed by atoms with Gasteiger partial charge in [-0.25, -0.2) is 4.98 Å². The number of rotatable bonds is 8. The number of hydrogen-bond acceptors (Lipinski definition) is 5. The highest BCUT2D eigenvalue weighted by Gasteiger charge is 2.07. The zero-order chi connectivity index (χ0) is 14.8. The number of esters is 1. The lowest BCUT2D eigenvalue weighted by atomic mass is 10.2. The lowest BCUT2D eigenvalue weighted by molar-refractivity contribution is -0.143. The summed E-state index contributed by atoms with van der Waals surface area (Å²) in [5.74, 6) is 0.0280. The quantitative estimate of drug-likeness (QED) is 0.577. The monoisotopic (exact) mass is 280 g/mol. The van der Waals surface area contributed by atoms with E-state index in [1.54, 1.807) is 19.1 Å². The smallest absolute Gasteiger partial charge is 0.305 e. The number of nitrogens with one attached hydrogen (secondary N) is 1. The third-order valence-electron chi connectivity index (χ3n) is 2.44. The minimum absolute atomic E-state index is 0.218. The molecule has 110 valence electrons. The van der Waals surface area contributed by atoms with E-state index in [0.29, 0.717) is 44.0 Å². The van der Waals surface area contributed by atoms with E-state index in [2.05, 4.69) is 10.3 Å². The van der Waals surface area contributed by atoms with Crippen molar-refractivity contribution in [2.24, 2.45) is 0 Å². The van der Waals surface area contributed by atoms with Gasteiger partial charge in [-0.2, -0.15) is 0 Å². The summed E-state index contributed by atoms with van der Waals surface area (Å²) in [7, 11) is 0. The Morgan fingerprint density at radius 1 is 1.25 bits per heavy atom. The average molecular weight is 280 g/mol. The van der Waals surface area contributed by atoms with Gasteiger partial charge in [-0.15, -0.1) is 0 Å². The molecule has 20 heavy (non-hydrogen) atoms. The summed E-state index contributed by atoms with van der Waals surface area (Å²) in [6.45, 7) is 4.96. The molecule has 0 aliphatic heterocycles. The molecule has 0 fully saturated rings. The fourth-order valence-corrected chi connectivity index (χ4v) is 1.52. The number of pyridine rings is 1. The molecule has 1 amide bonds. The molecule has 0 saturated heterocycles.